The SMILES string of the molecule is Nc1cc(Cl)ccc1C(=O)Nc1ccc(C(F)(F)F)nc1. The summed E-state index contributed by atoms with van der Waals surface area (Å²) in [5.74, 6) is -0.564. The van der Waals surface area contributed by atoms with Crippen LogP contribution < -0.4 is 11.1 Å². The number of pyridine rings is 1. The second-order valence-electron chi connectivity index (χ2n) is 4.12. The van der Waals surface area contributed by atoms with Crippen molar-refractivity contribution in [3.63, 3.8) is 0 Å². The topological polar surface area (TPSA) is 68.0 Å². The number of carbonyl (C=O) groups excluding carboxylic acids is 1. The quantitative estimate of drug-likeness (QED) is 0.832. The average Bonchev–Trinajstić information content (AvgIpc) is 2.38. The molecule has 0 atom stereocenters. The lowest BCUT2D eigenvalue weighted by molar-refractivity contribution is -0.141. The molecule has 0 aliphatic carbocycles. The van der Waals surface area contributed by atoms with Gasteiger partial charge < -0.3 is 11.1 Å². The average molecular weight is 316 g/mol. The molecule has 1 aromatic heterocycles. The van der Waals surface area contributed by atoms with Crippen LogP contribution >= 0.6 is 11.6 Å². The van der Waals surface area contributed by atoms with Crippen molar-refractivity contribution in [2.75, 3.05) is 11.1 Å². The third-order valence-electron chi connectivity index (χ3n) is 2.57. The third-order valence-corrected chi connectivity index (χ3v) is 2.81. The number of anilines is 2. The molecule has 0 saturated heterocycles. The lowest BCUT2D eigenvalue weighted by Crippen LogP contribution is -2.15. The van der Waals surface area contributed by atoms with Gasteiger partial charge in [-0.05, 0) is 30.3 Å². The van der Waals surface area contributed by atoms with Crippen LogP contribution in [0.5, 0.6) is 0 Å². The van der Waals surface area contributed by atoms with Crippen molar-refractivity contribution >= 4 is 28.9 Å². The van der Waals surface area contributed by atoms with Gasteiger partial charge in [-0.1, -0.05) is 11.6 Å². The summed E-state index contributed by atoms with van der Waals surface area (Å²) in [6, 6.07) is 6.20. The molecule has 0 spiro atoms. The largest absolute Gasteiger partial charge is 0.433 e. The molecule has 0 bridgehead atoms. The predicted octanol–water partition coefficient (Wildman–Crippen LogP) is 3.59. The molecule has 2 rings (SSSR count). The summed E-state index contributed by atoms with van der Waals surface area (Å²) < 4.78 is 37.1. The van der Waals surface area contributed by atoms with Gasteiger partial charge in [-0.2, -0.15) is 13.2 Å². The van der Waals surface area contributed by atoms with E-state index < -0.39 is 17.8 Å². The minimum atomic E-state index is -4.52. The van der Waals surface area contributed by atoms with Crippen LogP contribution in [0.1, 0.15) is 16.1 Å². The fourth-order valence-corrected chi connectivity index (χ4v) is 1.75. The minimum absolute atomic E-state index is 0.127. The standard InChI is InChI=1S/C13H9ClF3N3O/c14-7-1-3-9(10(18)5-7)12(21)20-8-2-4-11(19-6-8)13(15,16)17/h1-6H,18H2,(H,20,21). The number of alkyl halides is 3. The van der Waals surface area contributed by atoms with Gasteiger partial charge in [-0.25, -0.2) is 4.98 Å². The summed E-state index contributed by atoms with van der Waals surface area (Å²) in [5.41, 5.74) is 5.07. The van der Waals surface area contributed by atoms with Crippen LogP contribution in [0.15, 0.2) is 36.5 Å². The summed E-state index contributed by atoms with van der Waals surface area (Å²) in [6.07, 6.45) is -3.60. The van der Waals surface area contributed by atoms with Crippen LogP contribution in [0, 0.1) is 0 Å². The first-order valence-corrected chi connectivity index (χ1v) is 6.05. The van der Waals surface area contributed by atoms with Crippen molar-refractivity contribution in [3.8, 4) is 0 Å². The zero-order chi connectivity index (χ0) is 15.6. The van der Waals surface area contributed by atoms with E-state index >= 15 is 0 Å². The Morgan fingerprint density at radius 2 is 1.95 bits per heavy atom. The number of rotatable bonds is 2. The molecule has 0 unspecified atom stereocenters. The molecule has 0 aliphatic heterocycles. The number of nitrogens with one attached hydrogen (secondary N) is 1. The highest BCUT2D eigenvalue weighted by atomic mass is 35.5. The van der Waals surface area contributed by atoms with E-state index in [4.69, 9.17) is 17.3 Å². The molecule has 1 aromatic carbocycles. The number of nitrogens with zero attached hydrogens (tertiary/aromatic N) is 1. The van der Waals surface area contributed by atoms with E-state index in [2.05, 4.69) is 10.3 Å². The number of hydrogen-bond donors (Lipinski definition) is 2. The molecule has 2 aromatic rings. The number of carbonyl (C=O) groups is 1. The van der Waals surface area contributed by atoms with Crippen molar-refractivity contribution in [2.45, 2.75) is 6.18 Å². The van der Waals surface area contributed by atoms with E-state index in [1.54, 1.807) is 0 Å². The van der Waals surface area contributed by atoms with Crippen LogP contribution in [0.2, 0.25) is 5.02 Å². The van der Waals surface area contributed by atoms with E-state index in [1.807, 2.05) is 0 Å². The fourth-order valence-electron chi connectivity index (χ4n) is 1.57. The second kappa shape index (κ2) is 5.61. The van der Waals surface area contributed by atoms with Gasteiger partial charge in [0.15, 0.2) is 0 Å². The van der Waals surface area contributed by atoms with Crippen LogP contribution in [0.25, 0.3) is 0 Å². The van der Waals surface area contributed by atoms with Gasteiger partial charge in [0, 0.05) is 10.7 Å². The van der Waals surface area contributed by atoms with Crippen molar-refractivity contribution in [1.29, 1.82) is 0 Å². The Morgan fingerprint density at radius 1 is 1.24 bits per heavy atom. The maximum absolute atomic E-state index is 12.4. The molecule has 8 heteroatoms. The Kier molecular flexibility index (Phi) is 4.04. The van der Waals surface area contributed by atoms with Crippen molar-refractivity contribution in [1.82, 2.24) is 4.98 Å². The van der Waals surface area contributed by atoms with Crippen molar-refractivity contribution < 1.29 is 18.0 Å². The maximum Gasteiger partial charge on any atom is 0.433 e. The lowest BCUT2D eigenvalue weighted by atomic mass is 10.1. The van der Waals surface area contributed by atoms with Gasteiger partial charge in [0.05, 0.1) is 17.4 Å². The van der Waals surface area contributed by atoms with Gasteiger partial charge in [-0.3, -0.25) is 4.79 Å². The molecule has 0 saturated carbocycles. The molecule has 21 heavy (non-hydrogen) atoms. The van der Waals surface area contributed by atoms with Crippen molar-refractivity contribution in [2.24, 2.45) is 0 Å². The summed E-state index contributed by atoms with van der Waals surface area (Å²) in [6.45, 7) is 0. The van der Waals surface area contributed by atoms with E-state index in [0.29, 0.717) is 5.02 Å². The zero-order valence-electron chi connectivity index (χ0n) is 10.4. The summed E-state index contributed by atoms with van der Waals surface area (Å²) in [4.78, 5) is 15.2. The molecule has 3 N–H and O–H groups in total. The molecular formula is C13H9ClF3N3O. The molecule has 1 heterocycles. The number of halogens is 4. The number of aromatic nitrogens is 1. The van der Waals surface area contributed by atoms with Crippen LogP contribution in [0.3, 0.4) is 0 Å². The third kappa shape index (κ3) is 3.63. The van der Waals surface area contributed by atoms with E-state index in [-0.39, 0.29) is 16.9 Å². The van der Waals surface area contributed by atoms with Crippen molar-refractivity contribution in [3.05, 3.63) is 52.8 Å². The van der Waals surface area contributed by atoms with Gasteiger partial charge in [0.25, 0.3) is 5.91 Å². The predicted molar refractivity (Wildman–Crippen MR) is 73.1 cm³/mol. The number of nitrogen functional groups attached to an aromatic ring is 1. The van der Waals surface area contributed by atoms with Gasteiger partial charge in [0.1, 0.15) is 5.69 Å². The molecule has 0 radical (unpaired) electrons. The first-order chi connectivity index (χ1) is 9.77. The van der Waals surface area contributed by atoms with Gasteiger partial charge in [-0.15, -0.1) is 0 Å². The molecule has 0 aliphatic rings. The molecular weight excluding hydrogens is 307 g/mol. The number of benzene rings is 1. The maximum atomic E-state index is 12.4. The highest BCUT2D eigenvalue weighted by molar-refractivity contribution is 6.31. The molecule has 0 fully saturated rings. The van der Waals surface area contributed by atoms with Crippen LogP contribution in [-0.4, -0.2) is 10.9 Å². The molecule has 4 nitrogen and oxygen atoms in total. The Bertz CT molecular complexity index is 671. The Hall–Kier alpha value is -2.28. The lowest BCUT2D eigenvalue weighted by Gasteiger charge is -2.09. The highest BCUT2D eigenvalue weighted by Crippen LogP contribution is 2.28. The summed E-state index contributed by atoms with van der Waals surface area (Å²) >= 11 is 5.71. The normalized spacial score (nSPS) is 11.2. The smallest absolute Gasteiger partial charge is 0.398 e. The number of hydrogen-bond acceptors (Lipinski definition) is 3. The van der Waals surface area contributed by atoms with E-state index in [9.17, 15) is 18.0 Å². The monoisotopic (exact) mass is 315 g/mol. The number of amides is 1. The summed E-state index contributed by atoms with van der Waals surface area (Å²) in [7, 11) is 0. The molecule has 1 amide bonds. The van der Waals surface area contributed by atoms with Gasteiger partial charge >= 0.3 is 6.18 Å². The Morgan fingerprint density at radius 3 is 2.48 bits per heavy atom. The highest BCUT2D eigenvalue weighted by Gasteiger charge is 2.32. The Balaban J connectivity index is 2.16. The molecule has 110 valence electrons. The first kappa shape index (κ1) is 15.1. The van der Waals surface area contributed by atoms with Crippen LogP contribution in [0.4, 0.5) is 24.5 Å². The summed E-state index contributed by atoms with van der Waals surface area (Å²) in [5, 5.41) is 2.78. The van der Waals surface area contributed by atoms with E-state index in [1.165, 1.54) is 18.2 Å². The fraction of sp³-hybridized carbons (Fsp3) is 0.0769. The first-order valence-electron chi connectivity index (χ1n) is 5.67. The Labute approximate surface area is 122 Å². The van der Waals surface area contributed by atoms with Gasteiger partial charge in [0.2, 0.25) is 0 Å². The number of nitrogens with two attached hydrogens (primary N) is 1. The van der Waals surface area contributed by atoms with E-state index in [0.717, 1.165) is 18.3 Å². The van der Waals surface area contributed by atoms with Crippen LogP contribution in [-0.2, 0) is 6.18 Å². The zero-order valence-corrected chi connectivity index (χ0v) is 11.2. The second-order valence-corrected chi connectivity index (χ2v) is 4.55. The minimum Gasteiger partial charge on any atom is -0.398 e.